The molecule has 0 fully saturated rings. The molecule has 0 aromatic heterocycles. The zero-order chi connectivity index (χ0) is 15.5. The molecule has 1 amide bonds. The molecule has 9 heteroatoms. The number of sulfonamides is 1. The van der Waals surface area contributed by atoms with E-state index >= 15 is 0 Å². The third-order valence-electron chi connectivity index (χ3n) is 2.45. The minimum absolute atomic E-state index is 0.00178. The summed E-state index contributed by atoms with van der Waals surface area (Å²) in [6.07, 6.45) is 0.0693. The molecule has 0 atom stereocenters. The zero-order valence-corrected chi connectivity index (χ0v) is 14.1. The Morgan fingerprint density at radius 2 is 2.05 bits per heavy atom. The average molecular weight is 385 g/mol. The molecule has 1 aromatic rings. The Hall–Kier alpha value is -0.830. The van der Waals surface area contributed by atoms with Crippen LogP contribution in [0.3, 0.4) is 0 Å². The van der Waals surface area contributed by atoms with Crippen LogP contribution in [0, 0.1) is 0 Å². The number of hydrogen-bond donors (Lipinski definition) is 2. The van der Waals surface area contributed by atoms with E-state index in [1.807, 2.05) is 0 Å². The van der Waals surface area contributed by atoms with E-state index in [4.69, 9.17) is 17.3 Å². The van der Waals surface area contributed by atoms with E-state index in [0.717, 1.165) is 0 Å². The van der Waals surface area contributed by atoms with Gasteiger partial charge in [0.1, 0.15) is 0 Å². The fourth-order valence-corrected chi connectivity index (χ4v) is 3.70. The molecule has 0 spiro atoms. The van der Waals surface area contributed by atoms with Crippen LogP contribution >= 0.6 is 27.5 Å². The SMILES string of the molecule is CN(C)C(=O)CCNS(=O)(=O)c1cc(Cl)cc(N)c1Br. The predicted molar refractivity (Wildman–Crippen MR) is 82.1 cm³/mol. The van der Waals surface area contributed by atoms with Crippen molar-refractivity contribution < 1.29 is 13.2 Å². The summed E-state index contributed by atoms with van der Waals surface area (Å²) in [5.74, 6) is -0.169. The van der Waals surface area contributed by atoms with Gasteiger partial charge in [0.25, 0.3) is 0 Å². The number of nitrogen functional groups attached to an aromatic ring is 1. The smallest absolute Gasteiger partial charge is 0.241 e. The molecule has 0 aliphatic heterocycles. The number of rotatable bonds is 5. The topological polar surface area (TPSA) is 92.5 Å². The number of amides is 1. The summed E-state index contributed by atoms with van der Waals surface area (Å²) in [5.41, 5.74) is 5.87. The van der Waals surface area contributed by atoms with Crippen molar-refractivity contribution in [2.75, 3.05) is 26.4 Å². The van der Waals surface area contributed by atoms with Gasteiger partial charge in [-0.25, -0.2) is 13.1 Å². The van der Waals surface area contributed by atoms with Gasteiger partial charge < -0.3 is 10.6 Å². The van der Waals surface area contributed by atoms with Crippen molar-refractivity contribution in [3.63, 3.8) is 0 Å². The first kappa shape index (κ1) is 17.2. The monoisotopic (exact) mass is 383 g/mol. The number of hydrogen-bond acceptors (Lipinski definition) is 4. The zero-order valence-electron chi connectivity index (χ0n) is 11.0. The molecular formula is C11H15BrClN3O3S. The van der Waals surface area contributed by atoms with Crippen molar-refractivity contribution in [2.24, 2.45) is 0 Å². The Labute approximate surface area is 131 Å². The molecule has 3 N–H and O–H groups in total. The van der Waals surface area contributed by atoms with Gasteiger partial charge in [-0.1, -0.05) is 11.6 Å². The van der Waals surface area contributed by atoms with Gasteiger partial charge in [0.15, 0.2) is 0 Å². The van der Waals surface area contributed by atoms with E-state index in [1.165, 1.54) is 17.0 Å². The van der Waals surface area contributed by atoms with Crippen LogP contribution in [0.2, 0.25) is 5.02 Å². The summed E-state index contributed by atoms with van der Waals surface area (Å²) in [7, 11) is -0.585. The van der Waals surface area contributed by atoms with Gasteiger partial charge in [-0.15, -0.1) is 0 Å². The first-order valence-electron chi connectivity index (χ1n) is 5.59. The normalized spacial score (nSPS) is 11.4. The van der Waals surface area contributed by atoms with Crippen LogP contribution in [-0.4, -0.2) is 39.9 Å². The number of nitrogens with zero attached hydrogens (tertiary/aromatic N) is 1. The highest BCUT2D eigenvalue weighted by Gasteiger charge is 2.20. The molecule has 0 aliphatic rings. The second-order valence-corrected chi connectivity index (χ2v) is 7.21. The number of halogens is 2. The van der Waals surface area contributed by atoms with Gasteiger partial charge in [0.05, 0.1) is 9.37 Å². The largest absolute Gasteiger partial charge is 0.398 e. The van der Waals surface area contributed by atoms with Crippen LogP contribution < -0.4 is 10.5 Å². The molecule has 0 saturated carbocycles. The second-order valence-electron chi connectivity index (χ2n) is 4.24. The maximum Gasteiger partial charge on any atom is 0.241 e. The Balaban J connectivity index is 2.88. The lowest BCUT2D eigenvalue weighted by Gasteiger charge is -2.12. The molecule has 1 rings (SSSR count). The van der Waals surface area contributed by atoms with Crippen molar-refractivity contribution >= 4 is 49.1 Å². The molecule has 0 saturated heterocycles. The van der Waals surface area contributed by atoms with E-state index in [9.17, 15) is 13.2 Å². The standard InChI is InChI=1S/C11H15BrClN3O3S/c1-16(2)10(17)3-4-15-20(18,19)9-6-7(13)5-8(14)11(9)12/h5-6,15H,3-4,14H2,1-2H3. The van der Waals surface area contributed by atoms with Crippen LogP contribution in [0.25, 0.3) is 0 Å². The van der Waals surface area contributed by atoms with Gasteiger partial charge in [-0.05, 0) is 28.1 Å². The molecule has 0 unspecified atom stereocenters. The maximum atomic E-state index is 12.1. The highest BCUT2D eigenvalue weighted by Crippen LogP contribution is 2.31. The summed E-state index contributed by atoms with van der Waals surface area (Å²) in [4.78, 5) is 12.7. The summed E-state index contributed by atoms with van der Waals surface area (Å²) in [6.45, 7) is -0.00178. The fourth-order valence-electron chi connectivity index (χ4n) is 1.37. The van der Waals surface area contributed by atoms with Crippen molar-refractivity contribution in [1.82, 2.24) is 9.62 Å². The summed E-state index contributed by atoms with van der Waals surface area (Å²) < 4.78 is 26.8. The number of benzene rings is 1. The molecule has 20 heavy (non-hydrogen) atoms. The van der Waals surface area contributed by atoms with Crippen LogP contribution in [0.5, 0.6) is 0 Å². The number of anilines is 1. The lowest BCUT2D eigenvalue weighted by molar-refractivity contribution is -0.128. The number of nitrogens with two attached hydrogens (primary N) is 1. The van der Waals surface area contributed by atoms with E-state index in [0.29, 0.717) is 0 Å². The highest BCUT2D eigenvalue weighted by molar-refractivity contribution is 9.10. The van der Waals surface area contributed by atoms with Crippen LogP contribution in [0.1, 0.15) is 6.42 Å². The molecule has 6 nitrogen and oxygen atoms in total. The second kappa shape index (κ2) is 6.75. The quantitative estimate of drug-likeness (QED) is 0.751. The molecule has 0 radical (unpaired) electrons. The van der Waals surface area contributed by atoms with E-state index in [2.05, 4.69) is 20.7 Å². The van der Waals surface area contributed by atoms with Crippen molar-refractivity contribution in [3.05, 3.63) is 21.6 Å². The first-order valence-corrected chi connectivity index (χ1v) is 8.25. The number of nitrogens with one attached hydrogen (secondary N) is 1. The first-order chi connectivity index (χ1) is 9.15. The maximum absolute atomic E-state index is 12.1. The van der Waals surface area contributed by atoms with Gasteiger partial charge in [-0.2, -0.15) is 0 Å². The van der Waals surface area contributed by atoms with Gasteiger partial charge in [0.2, 0.25) is 15.9 Å². The molecule has 0 aliphatic carbocycles. The Kier molecular flexibility index (Phi) is 5.81. The third-order valence-corrected chi connectivity index (χ3v) is 5.30. The Morgan fingerprint density at radius 3 is 2.60 bits per heavy atom. The summed E-state index contributed by atoms with van der Waals surface area (Å²) >= 11 is 8.92. The van der Waals surface area contributed by atoms with E-state index in [-0.39, 0.29) is 39.0 Å². The Bertz CT molecular complexity index is 620. The predicted octanol–water partition coefficient (Wildman–Crippen LogP) is 1.44. The molecule has 112 valence electrons. The van der Waals surface area contributed by atoms with Crippen molar-refractivity contribution in [3.8, 4) is 0 Å². The summed E-state index contributed by atoms with van der Waals surface area (Å²) in [6, 6.07) is 2.73. The highest BCUT2D eigenvalue weighted by atomic mass is 79.9. The minimum Gasteiger partial charge on any atom is -0.398 e. The van der Waals surface area contributed by atoms with Gasteiger partial charge >= 0.3 is 0 Å². The molecule has 0 bridgehead atoms. The molecular weight excluding hydrogens is 370 g/mol. The van der Waals surface area contributed by atoms with E-state index < -0.39 is 10.0 Å². The van der Waals surface area contributed by atoms with Crippen LogP contribution in [-0.2, 0) is 14.8 Å². The lowest BCUT2D eigenvalue weighted by atomic mass is 10.3. The van der Waals surface area contributed by atoms with E-state index in [1.54, 1.807) is 14.1 Å². The fraction of sp³-hybridized carbons (Fsp3) is 0.364. The van der Waals surface area contributed by atoms with Crippen LogP contribution in [0.15, 0.2) is 21.5 Å². The Morgan fingerprint density at radius 1 is 1.45 bits per heavy atom. The van der Waals surface area contributed by atoms with Gasteiger partial charge in [-0.3, -0.25) is 4.79 Å². The molecule has 1 aromatic carbocycles. The average Bonchev–Trinajstić information content (AvgIpc) is 2.33. The van der Waals surface area contributed by atoms with Crippen LogP contribution in [0.4, 0.5) is 5.69 Å². The number of carbonyl (C=O) groups is 1. The van der Waals surface area contributed by atoms with Crippen molar-refractivity contribution in [1.29, 1.82) is 0 Å². The number of carbonyl (C=O) groups excluding carboxylic acids is 1. The lowest BCUT2D eigenvalue weighted by Crippen LogP contribution is -2.30. The molecule has 0 heterocycles. The third kappa shape index (κ3) is 4.34. The van der Waals surface area contributed by atoms with Gasteiger partial charge in [0, 0.05) is 37.8 Å². The summed E-state index contributed by atoms with van der Waals surface area (Å²) in [5, 5.41) is 0.218. The minimum atomic E-state index is -3.79. The van der Waals surface area contributed by atoms with Crippen molar-refractivity contribution in [2.45, 2.75) is 11.3 Å².